The molecule has 0 unspecified atom stereocenters. The summed E-state index contributed by atoms with van der Waals surface area (Å²) in [6.07, 6.45) is 3.59. The zero-order valence-electron chi connectivity index (χ0n) is 22.6. The van der Waals surface area contributed by atoms with Gasteiger partial charge in [-0.1, -0.05) is 23.8 Å². The molecule has 42 heavy (non-hydrogen) atoms. The lowest BCUT2D eigenvalue weighted by atomic mass is 9.59. The molecule has 2 aromatic carbocycles. The van der Waals surface area contributed by atoms with Crippen LogP contribution in [0.5, 0.6) is 11.5 Å². The number of anilines is 1. The molecule has 1 saturated heterocycles. The Kier molecular flexibility index (Phi) is 6.65. The number of fused-ring (bicyclic) bond motifs is 3. The van der Waals surface area contributed by atoms with Gasteiger partial charge in [0.25, 0.3) is 0 Å². The number of carboxylic acid groups (broad SMARTS) is 1. The number of aromatic hydroxyl groups is 1. The van der Waals surface area contributed by atoms with Crippen molar-refractivity contribution in [2.45, 2.75) is 25.7 Å². The van der Waals surface area contributed by atoms with Crippen LogP contribution in [0.15, 0.2) is 76.9 Å². The number of amides is 2. The van der Waals surface area contributed by atoms with E-state index < -0.39 is 47.2 Å². The number of ketones is 2. The van der Waals surface area contributed by atoms with E-state index in [0.29, 0.717) is 22.5 Å². The van der Waals surface area contributed by atoms with Gasteiger partial charge in [0.15, 0.2) is 11.6 Å². The van der Waals surface area contributed by atoms with E-state index in [4.69, 9.17) is 9.84 Å². The number of carbonyl (C=O) groups excluding carboxylic acids is 4. The number of nitrogens with zero attached hydrogens (tertiary/aromatic N) is 1. The van der Waals surface area contributed by atoms with Crippen molar-refractivity contribution < 1.29 is 44.0 Å². The summed E-state index contributed by atoms with van der Waals surface area (Å²) in [7, 11) is 0. The van der Waals surface area contributed by atoms with Crippen molar-refractivity contribution in [1.29, 1.82) is 0 Å². The number of ether oxygens (including phenoxy) is 1. The van der Waals surface area contributed by atoms with E-state index in [1.54, 1.807) is 31.2 Å². The largest absolute Gasteiger partial charge is 0.507 e. The standard InChI is InChI=1S/C32H27NO9/c1-15-12-24(35)23-14-22-19(26(28(23)29(15)37)16-2-5-18(6-3-16)42-11-10-34)8-9-21-27(22)31(39)33(30(21)38)17-4-7-20(32(40)41)25(36)13-17/h2-8,12-13,21-22,26-27,34,36H,9-11,14H2,1H3,(H,40,41)/t21-,22+,26-,27-/m0/s1. The minimum Gasteiger partial charge on any atom is -0.507 e. The smallest absolute Gasteiger partial charge is 0.339 e. The highest BCUT2D eigenvalue weighted by Gasteiger charge is 2.56. The Balaban J connectivity index is 1.42. The SMILES string of the molecule is CC1=CC(=O)C2=C(C1=O)[C@@H](c1ccc(OCCO)cc1)C1=CC[C@@H]3C(=O)N(c4ccc(C(=O)O)c(O)c4)C(=O)[C@@H]3[C@@H]1C2. The summed E-state index contributed by atoms with van der Waals surface area (Å²) in [5.74, 6) is -5.54. The fourth-order valence-corrected chi connectivity index (χ4v) is 6.76. The van der Waals surface area contributed by atoms with Crippen molar-refractivity contribution in [3.8, 4) is 11.5 Å². The number of aliphatic hydroxyl groups is 1. The molecule has 0 bridgehead atoms. The highest BCUT2D eigenvalue weighted by molar-refractivity contribution is 6.25. The van der Waals surface area contributed by atoms with Crippen molar-refractivity contribution in [1.82, 2.24) is 0 Å². The summed E-state index contributed by atoms with van der Waals surface area (Å²) >= 11 is 0. The van der Waals surface area contributed by atoms with Crippen LogP contribution in [0.4, 0.5) is 5.69 Å². The Morgan fingerprint density at radius 3 is 2.43 bits per heavy atom. The van der Waals surface area contributed by atoms with Gasteiger partial charge >= 0.3 is 5.97 Å². The zero-order chi connectivity index (χ0) is 29.9. The number of Topliss-reactive ketones (excluding diaryl/α,β-unsaturated/α-hetero) is 1. The van der Waals surface area contributed by atoms with E-state index in [1.807, 2.05) is 6.08 Å². The number of allylic oxidation sites excluding steroid dienone is 6. The summed E-state index contributed by atoms with van der Waals surface area (Å²) in [5.41, 5.74) is 2.28. The number of carbonyl (C=O) groups is 5. The van der Waals surface area contributed by atoms with Gasteiger partial charge in [0.2, 0.25) is 11.8 Å². The van der Waals surface area contributed by atoms with Crippen LogP contribution in [-0.4, -0.2) is 57.9 Å². The van der Waals surface area contributed by atoms with E-state index in [1.165, 1.54) is 12.1 Å². The molecule has 0 saturated carbocycles. The number of hydrogen-bond acceptors (Lipinski definition) is 8. The predicted octanol–water partition coefficient (Wildman–Crippen LogP) is 3.10. The maximum Gasteiger partial charge on any atom is 0.339 e. The molecule has 214 valence electrons. The van der Waals surface area contributed by atoms with Crippen LogP contribution in [0.1, 0.15) is 41.6 Å². The molecular weight excluding hydrogens is 542 g/mol. The second-order valence-corrected chi connectivity index (χ2v) is 10.9. The van der Waals surface area contributed by atoms with E-state index >= 15 is 0 Å². The highest BCUT2D eigenvalue weighted by atomic mass is 16.5. The second-order valence-electron chi connectivity index (χ2n) is 10.9. The number of imide groups is 1. The maximum absolute atomic E-state index is 13.9. The third kappa shape index (κ3) is 4.18. The lowest BCUT2D eigenvalue weighted by Crippen LogP contribution is -2.39. The third-order valence-electron chi connectivity index (χ3n) is 8.61. The first-order valence-corrected chi connectivity index (χ1v) is 13.6. The van der Waals surface area contributed by atoms with Crippen molar-refractivity contribution in [3.63, 3.8) is 0 Å². The Morgan fingerprint density at radius 1 is 1.02 bits per heavy atom. The first kappa shape index (κ1) is 27.3. The predicted molar refractivity (Wildman–Crippen MR) is 148 cm³/mol. The third-order valence-corrected chi connectivity index (χ3v) is 8.61. The van der Waals surface area contributed by atoms with Gasteiger partial charge in [0.05, 0.1) is 24.1 Å². The molecule has 1 fully saturated rings. The lowest BCUT2D eigenvalue weighted by molar-refractivity contribution is -0.123. The summed E-state index contributed by atoms with van der Waals surface area (Å²) in [6.45, 7) is 1.58. The van der Waals surface area contributed by atoms with Crippen LogP contribution < -0.4 is 9.64 Å². The van der Waals surface area contributed by atoms with Crippen molar-refractivity contribution in [2.75, 3.05) is 18.1 Å². The van der Waals surface area contributed by atoms with Crippen LogP contribution in [0, 0.1) is 17.8 Å². The Bertz CT molecular complexity index is 1660. The normalized spacial score (nSPS) is 25.0. The number of aromatic carboxylic acids is 1. The van der Waals surface area contributed by atoms with Gasteiger partial charge in [-0.2, -0.15) is 0 Å². The minimum absolute atomic E-state index is 0.0664. The van der Waals surface area contributed by atoms with Crippen molar-refractivity contribution in [3.05, 3.63) is 88.0 Å². The molecule has 2 amide bonds. The van der Waals surface area contributed by atoms with Crippen LogP contribution >= 0.6 is 0 Å². The Labute approximate surface area is 240 Å². The summed E-state index contributed by atoms with van der Waals surface area (Å²) in [5, 5.41) is 28.6. The number of aliphatic hydroxyl groups excluding tert-OH is 1. The number of phenols is 1. The number of hydrogen-bond donors (Lipinski definition) is 3. The molecule has 0 radical (unpaired) electrons. The molecule has 4 aliphatic rings. The zero-order valence-corrected chi connectivity index (χ0v) is 22.6. The lowest BCUT2D eigenvalue weighted by Gasteiger charge is -2.42. The highest BCUT2D eigenvalue weighted by Crippen LogP contribution is 2.55. The summed E-state index contributed by atoms with van der Waals surface area (Å²) < 4.78 is 5.49. The van der Waals surface area contributed by atoms with E-state index in [9.17, 15) is 34.2 Å². The summed E-state index contributed by atoms with van der Waals surface area (Å²) in [4.78, 5) is 66.6. The van der Waals surface area contributed by atoms with Crippen molar-refractivity contribution >= 4 is 35.0 Å². The molecular formula is C32H27NO9. The molecule has 6 rings (SSSR count). The monoisotopic (exact) mass is 569 g/mol. The van der Waals surface area contributed by atoms with Gasteiger partial charge < -0.3 is 20.1 Å². The van der Waals surface area contributed by atoms with Crippen LogP contribution in [0.2, 0.25) is 0 Å². The number of carboxylic acids is 1. The first-order valence-electron chi connectivity index (χ1n) is 13.6. The minimum atomic E-state index is -1.35. The average Bonchev–Trinajstić information content (AvgIpc) is 3.23. The van der Waals surface area contributed by atoms with Gasteiger partial charge in [-0.05, 0) is 61.6 Å². The molecule has 3 N–H and O–H groups in total. The van der Waals surface area contributed by atoms with E-state index in [-0.39, 0.29) is 48.9 Å². The Morgan fingerprint density at radius 2 is 1.76 bits per heavy atom. The quantitative estimate of drug-likeness (QED) is 0.270. The molecule has 2 aromatic rings. The van der Waals surface area contributed by atoms with Crippen LogP contribution in [-0.2, 0) is 19.2 Å². The van der Waals surface area contributed by atoms with Gasteiger partial charge in [0.1, 0.15) is 23.7 Å². The van der Waals surface area contributed by atoms with Gasteiger partial charge in [-0.3, -0.25) is 19.2 Å². The molecule has 10 nitrogen and oxygen atoms in total. The van der Waals surface area contributed by atoms with E-state index in [2.05, 4.69) is 0 Å². The number of benzene rings is 2. The van der Waals surface area contributed by atoms with Gasteiger partial charge in [0, 0.05) is 28.7 Å². The van der Waals surface area contributed by atoms with Crippen LogP contribution in [0.3, 0.4) is 0 Å². The maximum atomic E-state index is 13.9. The van der Waals surface area contributed by atoms with Gasteiger partial charge in [-0.25, -0.2) is 9.69 Å². The fraction of sp³-hybridized carbons (Fsp3) is 0.281. The molecule has 3 aliphatic carbocycles. The second kappa shape index (κ2) is 10.2. The van der Waals surface area contributed by atoms with Gasteiger partial charge in [-0.15, -0.1) is 0 Å². The van der Waals surface area contributed by atoms with Crippen LogP contribution in [0.25, 0.3) is 0 Å². The van der Waals surface area contributed by atoms with Crippen molar-refractivity contribution in [2.24, 2.45) is 17.8 Å². The fourth-order valence-electron chi connectivity index (χ4n) is 6.76. The average molecular weight is 570 g/mol. The van der Waals surface area contributed by atoms with E-state index in [0.717, 1.165) is 28.2 Å². The molecule has 0 spiro atoms. The summed E-state index contributed by atoms with van der Waals surface area (Å²) in [6, 6.07) is 10.6. The topological polar surface area (TPSA) is 159 Å². The Hall–Kier alpha value is -4.83. The molecule has 0 aromatic heterocycles. The first-order chi connectivity index (χ1) is 20.1. The molecule has 10 heteroatoms. The molecule has 4 atom stereocenters. The molecule has 1 aliphatic heterocycles. The number of rotatable bonds is 6. The molecule has 1 heterocycles.